The third-order valence-electron chi connectivity index (χ3n) is 6.93. The van der Waals surface area contributed by atoms with Crippen LogP contribution in [0.4, 0.5) is 0 Å². The molecular formula is C28H29NO5. The van der Waals surface area contributed by atoms with E-state index in [4.69, 9.17) is 14.2 Å². The van der Waals surface area contributed by atoms with Crippen molar-refractivity contribution in [2.75, 3.05) is 7.11 Å². The Morgan fingerprint density at radius 1 is 1.18 bits per heavy atom. The molecule has 0 saturated heterocycles. The largest absolute Gasteiger partial charge is 0.497 e. The lowest BCUT2D eigenvalue weighted by molar-refractivity contribution is -0.140. The standard InChI is InChI=1S/C28H29NO5/c1-4-29-16-19(22-15-20(32-3)10-12-23(22)29)14-25-26(30)21-11-13-24(17(2)27(21)33-25)34-28(31)18-8-6-5-7-9-18/h10-16,18H,4-9H2,1-3H3. The Hall–Kier alpha value is -3.54. The van der Waals surface area contributed by atoms with Crippen LogP contribution in [0.25, 0.3) is 17.0 Å². The zero-order chi connectivity index (χ0) is 23.8. The van der Waals surface area contributed by atoms with Gasteiger partial charge >= 0.3 is 5.97 Å². The van der Waals surface area contributed by atoms with Crippen molar-refractivity contribution in [3.05, 3.63) is 59.0 Å². The van der Waals surface area contributed by atoms with E-state index >= 15 is 0 Å². The van der Waals surface area contributed by atoms with Gasteiger partial charge in [-0.05, 0) is 63.1 Å². The lowest BCUT2D eigenvalue weighted by Crippen LogP contribution is -2.23. The minimum Gasteiger partial charge on any atom is -0.497 e. The maximum absolute atomic E-state index is 13.1. The van der Waals surface area contributed by atoms with Crippen LogP contribution in [0.3, 0.4) is 0 Å². The summed E-state index contributed by atoms with van der Waals surface area (Å²) in [6.45, 7) is 4.70. The first-order valence-corrected chi connectivity index (χ1v) is 12.0. The molecule has 1 aliphatic carbocycles. The lowest BCUT2D eigenvalue weighted by atomic mass is 9.89. The Balaban J connectivity index is 1.45. The Morgan fingerprint density at radius 2 is 1.97 bits per heavy atom. The Labute approximate surface area is 199 Å². The zero-order valence-electron chi connectivity index (χ0n) is 19.8. The van der Waals surface area contributed by atoms with Gasteiger partial charge in [-0.25, -0.2) is 0 Å². The van der Waals surface area contributed by atoms with Crippen molar-refractivity contribution >= 4 is 28.7 Å². The van der Waals surface area contributed by atoms with Gasteiger partial charge < -0.3 is 18.8 Å². The molecule has 34 heavy (non-hydrogen) atoms. The highest BCUT2D eigenvalue weighted by Gasteiger charge is 2.32. The van der Waals surface area contributed by atoms with E-state index in [-0.39, 0.29) is 23.4 Å². The highest BCUT2D eigenvalue weighted by atomic mass is 16.5. The molecule has 2 heterocycles. The number of methoxy groups -OCH3 is 1. The number of benzene rings is 2. The number of ether oxygens (including phenoxy) is 3. The molecule has 0 spiro atoms. The summed E-state index contributed by atoms with van der Waals surface area (Å²) in [4.78, 5) is 25.8. The van der Waals surface area contributed by atoms with E-state index in [1.165, 1.54) is 6.42 Å². The van der Waals surface area contributed by atoms with Gasteiger partial charge in [0.2, 0.25) is 5.78 Å². The van der Waals surface area contributed by atoms with Gasteiger partial charge in [0.25, 0.3) is 0 Å². The number of fused-ring (bicyclic) bond motifs is 2. The molecule has 6 nitrogen and oxygen atoms in total. The number of nitrogens with zero attached hydrogens (tertiary/aromatic N) is 1. The van der Waals surface area contributed by atoms with Gasteiger partial charge in [-0.1, -0.05) is 19.3 Å². The summed E-state index contributed by atoms with van der Waals surface area (Å²) in [5.41, 5.74) is 3.09. The van der Waals surface area contributed by atoms with E-state index in [9.17, 15) is 9.59 Å². The fourth-order valence-corrected chi connectivity index (χ4v) is 4.96. The van der Waals surface area contributed by atoms with Crippen LogP contribution in [0.5, 0.6) is 17.2 Å². The Kier molecular flexibility index (Phi) is 5.90. The number of esters is 1. The number of allylic oxidation sites excluding steroid dienone is 1. The summed E-state index contributed by atoms with van der Waals surface area (Å²) in [6.07, 6.45) is 8.85. The molecule has 1 aromatic heterocycles. The minimum absolute atomic E-state index is 0.0488. The number of rotatable bonds is 5. The molecule has 1 aliphatic heterocycles. The number of carbonyl (C=O) groups excluding carboxylic acids is 2. The van der Waals surface area contributed by atoms with Gasteiger partial charge in [-0.15, -0.1) is 0 Å². The first-order chi connectivity index (χ1) is 16.5. The van der Waals surface area contributed by atoms with Crippen LogP contribution < -0.4 is 14.2 Å². The van der Waals surface area contributed by atoms with Gasteiger partial charge in [0.05, 0.1) is 18.6 Å². The van der Waals surface area contributed by atoms with Crippen molar-refractivity contribution < 1.29 is 23.8 Å². The molecule has 0 amide bonds. The maximum atomic E-state index is 13.1. The second-order valence-electron chi connectivity index (χ2n) is 9.01. The van der Waals surface area contributed by atoms with Gasteiger partial charge in [0.1, 0.15) is 17.2 Å². The molecule has 0 radical (unpaired) electrons. The molecule has 0 atom stereocenters. The van der Waals surface area contributed by atoms with Crippen molar-refractivity contribution in [3.8, 4) is 17.2 Å². The summed E-state index contributed by atoms with van der Waals surface area (Å²) in [7, 11) is 1.64. The van der Waals surface area contributed by atoms with Crippen molar-refractivity contribution in [1.29, 1.82) is 0 Å². The van der Waals surface area contributed by atoms with Crippen LogP contribution in [-0.4, -0.2) is 23.4 Å². The molecule has 2 aromatic carbocycles. The summed E-state index contributed by atoms with van der Waals surface area (Å²) in [6, 6.07) is 9.30. The summed E-state index contributed by atoms with van der Waals surface area (Å²) < 4.78 is 19.3. The molecule has 3 aromatic rings. The van der Waals surface area contributed by atoms with E-state index in [2.05, 4.69) is 11.5 Å². The molecule has 2 aliphatic rings. The van der Waals surface area contributed by atoms with Crippen LogP contribution in [0.15, 0.2) is 42.3 Å². The molecule has 6 heteroatoms. The Morgan fingerprint density at radius 3 is 2.71 bits per heavy atom. The smallest absolute Gasteiger partial charge is 0.314 e. The van der Waals surface area contributed by atoms with E-state index in [1.54, 1.807) is 25.3 Å². The third-order valence-corrected chi connectivity index (χ3v) is 6.93. The first kappa shape index (κ1) is 22.3. The number of aromatic nitrogens is 1. The molecular weight excluding hydrogens is 430 g/mol. The van der Waals surface area contributed by atoms with Crippen LogP contribution in [0.1, 0.15) is 60.5 Å². The number of carbonyl (C=O) groups is 2. The molecule has 176 valence electrons. The van der Waals surface area contributed by atoms with E-state index in [1.807, 2.05) is 31.3 Å². The van der Waals surface area contributed by atoms with Gasteiger partial charge in [0.15, 0.2) is 5.76 Å². The molecule has 1 fully saturated rings. The topological polar surface area (TPSA) is 66.8 Å². The van der Waals surface area contributed by atoms with Crippen molar-refractivity contribution in [2.24, 2.45) is 5.92 Å². The SMILES string of the molecule is CCn1cc(C=C2Oc3c(ccc(OC(=O)C4CCCCC4)c3C)C2=O)c2cc(OC)ccc21. The van der Waals surface area contributed by atoms with E-state index in [0.717, 1.165) is 54.4 Å². The van der Waals surface area contributed by atoms with Crippen LogP contribution >= 0.6 is 0 Å². The van der Waals surface area contributed by atoms with Crippen LogP contribution in [0.2, 0.25) is 0 Å². The van der Waals surface area contributed by atoms with Gasteiger partial charge in [-0.2, -0.15) is 0 Å². The minimum atomic E-state index is -0.191. The predicted molar refractivity (Wildman–Crippen MR) is 130 cm³/mol. The van der Waals surface area contributed by atoms with Crippen molar-refractivity contribution in [2.45, 2.75) is 52.5 Å². The average molecular weight is 460 g/mol. The summed E-state index contributed by atoms with van der Waals surface area (Å²) >= 11 is 0. The van der Waals surface area contributed by atoms with E-state index in [0.29, 0.717) is 22.6 Å². The average Bonchev–Trinajstić information content (AvgIpc) is 3.38. The third kappa shape index (κ3) is 3.87. The van der Waals surface area contributed by atoms with Gasteiger partial charge in [0, 0.05) is 34.8 Å². The summed E-state index contributed by atoms with van der Waals surface area (Å²) in [5.74, 6) is 1.51. The van der Waals surface area contributed by atoms with Crippen LogP contribution in [-0.2, 0) is 11.3 Å². The highest BCUT2D eigenvalue weighted by molar-refractivity contribution is 6.15. The van der Waals surface area contributed by atoms with Crippen LogP contribution in [0, 0.1) is 12.8 Å². The number of hydrogen-bond acceptors (Lipinski definition) is 5. The maximum Gasteiger partial charge on any atom is 0.314 e. The van der Waals surface area contributed by atoms with Crippen molar-refractivity contribution in [3.63, 3.8) is 0 Å². The van der Waals surface area contributed by atoms with Crippen molar-refractivity contribution in [1.82, 2.24) is 4.57 Å². The molecule has 1 saturated carbocycles. The normalized spacial score (nSPS) is 17.1. The second-order valence-corrected chi connectivity index (χ2v) is 9.01. The number of aryl methyl sites for hydroxylation is 1. The molecule has 0 unspecified atom stereocenters. The molecule has 0 bridgehead atoms. The molecule has 0 N–H and O–H groups in total. The second kappa shape index (κ2) is 9.01. The Bertz CT molecular complexity index is 1310. The molecule has 5 rings (SSSR count). The number of Topliss-reactive ketones (excluding diaryl/α,β-unsaturated/α-hetero) is 1. The highest BCUT2D eigenvalue weighted by Crippen LogP contribution is 2.40. The lowest BCUT2D eigenvalue weighted by Gasteiger charge is -2.20. The monoisotopic (exact) mass is 459 g/mol. The van der Waals surface area contributed by atoms with E-state index < -0.39 is 0 Å². The predicted octanol–water partition coefficient (Wildman–Crippen LogP) is 6.08. The fourth-order valence-electron chi connectivity index (χ4n) is 4.96. The first-order valence-electron chi connectivity index (χ1n) is 12.0. The zero-order valence-corrected chi connectivity index (χ0v) is 19.8. The van der Waals surface area contributed by atoms with Gasteiger partial charge in [-0.3, -0.25) is 9.59 Å². The quantitative estimate of drug-likeness (QED) is 0.263. The fraction of sp³-hybridized carbons (Fsp3) is 0.357. The number of hydrogen-bond donors (Lipinski definition) is 0. The number of ketones is 1. The summed E-state index contributed by atoms with van der Waals surface area (Å²) in [5, 5.41) is 0.986.